The number of nitro groups is 1. The van der Waals surface area contributed by atoms with Crippen LogP contribution in [0.1, 0.15) is 0 Å². The summed E-state index contributed by atoms with van der Waals surface area (Å²) in [5, 5.41) is 12.0. The van der Waals surface area contributed by atoms with Crippen LogP contribution in [0.25, 0.3) is 22.2 Å². The van der Waals surface area contributed by atoms with E-state index in [2.05, 4.69) is 15.0 Å². The number of benzene rings is 1. The lowest BCUT2D eigenvalue weighted by atomic mass is 10.1. The van der Waals surface area contributed by atoms with E-state index >= 15 is 0 Å². The molecule has 2 heterocycles. The minimum Gasteiger partial charge on any atom is -0.360 e. The van der Waals surface area contributed by atoms with Crippen LogP contribution in [0.15, 0.2) is 30.6 Å². The van der Waals surface area contributed by atoms with Crippen molar-refractivity contribution in [3.63, 3.8) is 0 Å². The van der Waals surface area contributed by atoms with E-state index in [0.717, 1.165) is 5.39 Å². The molecule has 0 saturated carbocycles. The lowest BCUT2D eigenvalue weighted by Crippen LogP contribution is -1.89. The number of aromatic amines is 1. The second-order valence-electron chi connectivity index (χ2n) is 4.02. The van der Waals surface area contributed by atoms with E-state index in [1.165, 1.54) is 18.3 Å². The number of nitro benzene ring substituents is 1. The van der Waals surface area contributed by atoms with Gasteiger partial charge in [0.2, 0.25) is 5.28 Å². The van der Waals surface area contributed by atoms with Crippen LogP contribution in [-0.2, 0) is 0 Å². The molecule has 6 nitrogen and oxygen atoms in total. The Hall–Kier alpha value is -2.18. The minimum atomic E-state index is -0.450. The number of nitrogens with zero attached hydrogens (tertiary/aromatic N) is 3. The molecule has 0 bridgehead atoms. The van der Waals surface area contributed by atoms with Crippen molar-refractivity contribution in [1.29, 1.82) is 0 Å². The predicted octanol–water partition coefficient (Wildman–Crippen LogP) is 3.84. The van der Waals surface area contributed by atoms with Gasteiger partial charge in [-0.15, -0.1) is 0 Å². The number of hydrogen-bond acceptors (Lipinski definition) is 4. The van der Waals surface area contributed by atoms with Crippen LogP contribution >= 0.6 is 23.2 Å². The number of hydrogen-bond donors (Lipinski definition) is 1. The first-order valence-electron chi connectivity index (χ1n) is 5.50. The van der Waals surface area contributed by atoms with E-state index < -0.39 is 4.92 Å². The predicted molar refractivity (Wildman–Crippen MR) is 76.0 cm³/mol. The van der Waals surface area contributed by atoms with E-state index in [9.17, 15) is 10.1 Å². The number of rotatable bonds is 2. The molecule has 3 rings (SSSR count). The van der Waals surface area contributed by atoms with Gasteiger partial charge in [-0.2, -0.15) is 0 Å². The maximum atomic E-state index is 10.8. The zero-order valence-electron chi connectivity index (χ0n) is 9.80. The van der Waals surface area contributed by atoms with Crippen molar-refractivity contribution in [3.8, 4) is 11.3 Å². The second kappa shape index (κ2) is 4.73. The summed E-state index contributed by atoms with van der Waals surface area (Å²) in [7, 11) is 0. The highest BCUT2D eigenvalue weighted by Crippen LogP contribution is 2.33. The Morgan fingerprint density at radius 3 is 2.85 bits per heavy atom. The Kier molecular flexibility index (Phi) is 3.04. The highest BCUT2D eigenvalue weighted by Gasteiger charge is 2.14. The highest BCUT2D eigenvalue weighted by atomic mass is 35.5. The third kappa shape index (κ3) is 2.09. The van der Waals surface area contributed by atoms with Gasteiger partial charge >= 0.3 is 0 Å². The van der Waals surface area contributed by atoms with Crippen LogP contribution in [0, 0.1) is 10.1 Å². The van der Waals surface area contributed by atoms with Gasteiger partial charge in [-0.1, -0.05) is 11.6 Å². The first-order valence-corrected chi connectivity index (χ1v) is 6.26. The van der Waals surface area contributed by atoms with Crippen LogP contribution < -0.4 is 0 Å². The number of H-pyrrole nitrogens is 1. The molecule has 0 aliphatic carbocycles. The van der Waals surface area contributed by atoms with Crippen molar-refractivity contribution in [3.05, 3.63) is 51.0 Å². The monoisotopic (exact) mass is 308 g/mol. The van der Waals surface area contributed by atoms with Crippen LogP contribution in [0.2, 0.25) is 10.3 Å². The summed E-state index contributed by atoms with van der Waals surface area (Å²) >= 11 is 11.8. The summed E-state index contributed by atoms with van der Waals surface area (Å²) in [4.78, 5) is 21.1. The maximum Gasteiger partial charge on any atom is 0.271 e. The molecule has 0 aliphatic rings. The first kappa shape index (κ1) is 12.8. The molecular formula is C12H6Cl2N4O2. The van der Waals surface area contributed by atoms with Gasteiger partial charge < -0.3 is 4.98 Å². The van der Waals surface area contributed by atoms with Gasteiger partial charge in [0.05, 0.1) is 27.4 Å². The first-order chi connectivity index (χ1) is 9.56. The SMILES string of the molecule is O=[N+]([O-])c1ccc2c(-c3nc(Cl)ncc3Cl)c[nH]c2c1. The molecule has 0 unspecified atom stereocenters. The van der Waals surface area contributed by atoms with E-state index in [4.69, 9.17) is 23.2 Å². The highest BCUT2D eigenvalue weighted by molar-refractivity contribution is 6.34. The zero-order chi connectivity index (χ0) is 14.3. The lowest BCUT2D eigenvalue weighted by Gasteiger charge is -2.01. The molecule has 3 aromatic rings. The minimum absolute atomic E-state index is 0.0118. The normalized spacial score (nSPS) is 10.9. The molecule has 0 amide bonds. The molecule has 8 heteroatoms. The summed E-state index contributed by atoms with van der Waals surface area (Å²) < 4.78 is 0. The molecule has 0 radical (unpaired) electrons. The Bertz CT molecular complexity index is 831. The van der Waals surface area contributed by atoms with Crippen molar-refractivity contribution in [1.82, 2.24) is 15.0 Å². The number of non-ortho nitro benzene ring substituents is 1. The Morgan fingerprint density at radius 1 is 1.30 bits per heavy atom. The van der Waals surface area contributed by atoms with Crippen LogP contribution in [0.3, 0.4) is 0 Å². The van der Waals surface area contributed by atoms with Crippen molar-refractivity contribution >= 4 is 39.8 Å². The fourth-order valence-electron chi connectivity index (χ4n) is 1.96. The number of halogens is 2. The summed E-state index contributed by atoms with van der Waals surface area (Å²) in [5.41, 5.74) is 1.83. The fraction of sp³-hybridized carbons (Fsp3) is 0. The van der Waals surface area contributed by atoms with Gasteiger partial charge in [-0.25, -0.2) is 9.97 Å². The summed E-state index contributed by atoms with van der Waals surface area (Å²) in [6.45, 7) is 0. The van der Waals surface area contributed by atoms with Gasteiger partial charge in [0.15, 0.2) is 0 Å². The molecule has 0 saturated heterocycles. The quantitative estimate of drug-likeness (QED) is 0.443. The number of fused-ring (bicyclic) bond motifs is 1. The number of nitrogens with one attached hydrogen (secondary N) is 1. The topological polar surface area (TPSA) is 84.7 Å². The average Bonchev–Trinajstić information content (AvgIpc) is 2.84. The molecular weight excluding hydrogens is 303 g/mol. The Labute approximate surface area is 122 Å². The molecule has 0 aliphatic heterocycles. The summed E-state index contributed by atoms with van der Waals surface area (Å²) in [5.74, 6) is 0. The van der Waals surface area contributed by atoms with E-state index in [-0.39, 0.29) is 11.0 Å². The largest absolute Gasteiger partial charge is 0.360 e. The Morgan fingerprint density at radius 2 is 2.10 bits per heavy atom. The van der Waals surface area contributed by atoms with E-state index in [1.807, 2.05) is 0 Å². The molecule has 0 fully saturated rings. The molecule has 2 aromatic heterocycles. The van der Waals surface area contributed by atoms with Gasteiger partial charge in [-0.3, -0.25) is 10.1 Å². The van der Waals surface area contributed by atoms with Crippen molar-refractivity contribution in [2.75, 3.05) is 0 Å². The maximum absolute atomic E-state index is 10.8. The molecule has 1 N–H and O–H groups in total. The third-order valence-corrected chi connectivity index (χ3v) is 3.30. The molecule has 0 spiro atoms. The standard InChI is InChI=1S/C12H6Cl2N4O2/c13-9-5-16-12(14)17-11(9)8-4-15-10-3-6(18(19)20)1-2-7(8)10/h1-5,15H. The van der Waals surface area contributed by atoms with Gasteiger partial charge in [0, 0.05) is 29.3 Å². The third-order valence-electron chi connectivity index (χ3n) is 2.85. The molecule has 20 heavy (non-hydrogen) atoms. The van der Waals surface area contributed by atoms with E-state index in [0.29, 0.717) is 21.8 Å². The smallest absolute Gasteiger partial charge is 0.271 e. The Balaban J connectivity index is 2.22. The van der Waals surface area contributed by atoms with Crippen LogP contribution in [0.5, 0.6) is 0 Å². The van der Waals surface area contributed by atoms with Crippen LogP contribution in [0.4, 0.5) is 5.69 Å². The van der Waals surface area contributed by atoms with Gasteiger partial charge in [0.25, 0.3) is 5.69 Å². The molecule has 0 atom stereocenters. The lowest BCUT2D eigenvalue weighted by molar-refractivity contribution is -0.384. The second-order valence-corrected chi connectivity index (χ2v) is 4.77. The summed E-state index contributed by atoms with van der Waals surface area (Å²) in [6.07, 6.45) is 3.09. The average molecular weight is 309 g/mol. The summed E-state index contributed by atoms with van der Waals surface area (Å²) in [6, 6.07) is 4.53. The van der Waals surface area contributed by atoms with Crippen molar-refractivity contribution in [2.24, 2.45) is 0 Å². The molecule has 100 valence electrons. The van der Waals surface area contributed by atoms with E-state index in [1.54, 1.807) is 12.3 Å². The number of aromatic nitrogens is 3. The molecule has 1 aromatic carbocycles. The van der Waals surface area contributed by atoms with Gasteiger partial charge in [-0.05, 0) is 17.7 Å². The van der Waals surface area contributed by atoms with Gasteiger partial charge in [0.1, 0.15) is 0 Å². The van der Waals surface area contributed by atoms with Crippen LogP contribution in [-0.4, -0.2) is 19.9 Å². The van der Waals surface area contributed by atoms with Crippen molar-refractivity contribution < 1.29 is 4.92 Å². The van der Waals surface area contributed by atoms with Crippen molar-refractivity contribution in [2.45, 2.75) is 0 Å². The fourth-order valence-corrected chi connectivity index (χ4v) is 2.28. The zero-order valence-corrected chi connectivity index (χ0v) is 11.3.